The lowest BCUT2D eigenvalue weighted by molar-refractivity contribution is 0.414. The molecule has 1 N–H and O–H groups in total. The van der Waals surface area contributed by atoms with Gasteiger partial charge in [0.15, 0.2) is 9.84 Å². The van der Waals surface area contributed by atoms with Crippen LogP contribution in [0.15, 0.2) is 18.2 Å². The summed E-state index contributed by atoms with van der Waals surface area (Å²) >= 11 is 0. The Morgan fingerprint density at radius 3 is 2.95 bits per heavy atom. The lowest BCUT2D eigenvalue weighted by Gasteiger charge is -2.36. The molecule has 0 bridgehead atoms. The maximum absolute atomic E-state index is 11.7. The van der Waals surface area contributed by atoms with Crippen LogP contribution in [0, 0.1) is 0 Å². The molecule has 5 nitrogen and oxygen atoms in total. The number of methoxy groups -OCH3 is 1. The van der Waals surface area contributed by atoms with Gasteiger partial charge in [-0.2, -0.15) is 0 Å². The molecule has 1 saturated heterocycles. The molecule has 0 amide bonds. The van der Waals surface area contributed by atoms with Gasteiger partial charge in [-0.3, -0.25) is 0 Å². The van der Waals surface area contributed by atoms with Gasteiger partial charge in [0, 0.05) is 25.2 Å². The number of rotatable bonds is 2. The highest BCUT2D eigenvalue weighted by molar-refractivity contribution is 7.91. The average molecular weight is 282 g/mol. The van der Waals surface area contributed by atoms with Gasteiger partial charge in [-0.05, 0) is 18.6 Å². The fourth-order valence-corrected chi connectivity index (χ4v) is 4.59. The maximum Gasteiger partial charge on any atom is 0.152 e. The fourth-order valence-electron chi connectivity index (χ4n) is 2.86. The van der Waals surface area contributed by atoms with Crippen LogP contribution < -0.4 is 15.0 Å². The molecule has 2 aliphatic rings. The summed E-state index contributed by atoms with van der Waals surface area (Å²) in [5.74, 6) is 1.37. The van der Waals surface area contributed by atoms with Crippen molar-refractivity contribution in [3.63, 3.8) is 0 Å². The lowest BCUT2D eigenvalue weighted by Crippen LogP contribution is -2.42. The average Bonchev–Trinajstić information content (AvgIpc) is 2.77. The molecule has 19 heavy (non-hydrogen) atoms. The quantitative estimate of drug-likeness (QED) is 0.880. The van der Waals surface area contributed by atoms with E-state index in [1.165, 1.54) is 0 Å². The van der Waals surface area contributed by atoms with Crippen molar-refractivity contribution in [2.45, 2.75) is 12.5 Å². The van der Waals surface area contributed by atoms with Crippen LogP contribution in [0.4, 0.5) is 11.4 Å². The van der Waals surface area contributed by atoms with Crippen LogP contribution in [0.1, 0.15) is 6.42 Å². The molecule has 6 heteroatoms. The second-order valence-corrected chi connectivity index (χ2v) is 7.29. The molecular formula is C13H18N2O3S. The van der Waals surface area contributed by atoms with E-state index in [1.54, 1.807) is 7.11 Å². The van der Waals surface area contributed by atoms with Crippen molar-refractivity contribution in [1.29, 1.82) is 0 Å². The predicted octanol–water partition coefficient (Wildman–Crippen LogP) is 1.11. The van der Waals surface area contributed by atoms with Crippen molar-refractivity contribution in [2.75, 3.05) is 41.9 Å². The van der Waals surface area contributed by atoms with Gasteiger partial charge in [-0.25, -0.2) is 8.42 Å². The molecule has 1 aromatic rings. The minimum atomic E-state index is -2.86. The molecular weight excluding hydrogens is 264 g/mol. The number of sulfone groups is 1. The minimum Gasteiger partial charge on any atom is -0.497 e. The van der Waals surface area contributed by atoms with Crippen LogP contribution in [0.2, 0.25) is 0 Å². The van der Waals surface area contributed by atoms with E-state index in [0.29, 0.717) is 5.75 Å². The SMILES string of the molecule is COc1ccc2c(c1)N(C1CCS(=O)(=O)C1)CCN2. The first-order valence-corrected chi connectivity index (χ1v) is 8.30. The van der Waals surface area contributed by atoms with Gasteiger partial charge in [-0.1, -0.05) is 0 Å². The van der Waals surface area contributed by atoms with E-state index in [-0.39, 0.29) is 11.8 Å². The molecule has 1 unspecified atom stereocenters. The van der Waals surface area contributed by atoms with Crippen molar-refractivity contribution in [3.8, 4) is 5.75 Å². The van der Waals surface area contributed by atoms with E-state index in [1.807, 2.05) is 18.2 Å². The van der Waals surface area contributed by atoms with Crippen LogP contribution in [-0.4, -0.2) is 46.2 Å². The fraction of sp³-hybridized carbons (Fsp3) is 0.538. The number of hydrogen-bond donors (Lipinski definition) is 1. The molecule has 0 spiro atoms. The normalized spacial score (nSPS) is 24.7. The monoisotopic (exact) mass is 282 g/mol. The molecule has 0 aromatic heterocycles. The molecule has 1 atom stereocenters. The summed E-state index contributed by atoms with van der Waals surface area (Å²) in [6.45, 7) is 1.68. The van der Waals surface area contributed by atoms with Gasteiger partial charge >= 0.3 is 0 Å². The number of benzene rings is 1. The number of hydrogen-bond acceptors (Lipinski definition) is 5. The summed E-state index contributed by atoms with van der Waals surface area (Å²) in [5.41, 5.74) is 2.10. The third kappa shape index (κ3) is 2.36. The third-order valence-corrected chi connectivity index (χ3v) is 5.58. The van der Waals surface area contributed by atoms with Gasteiger partial charge < -0.3 is 15.0 Å². The molecule has 1 fully saturated rings. The predicted molar refractivity (Wildman–Crippen MR) is 75.9 cm³/mol. The lowest BCUT2D eigenvalue weighted by atomic mass is 10.1. The Hall–Kier alpha value is -1.43. The minimum absolute atomic E-state index is 0.0953. The van der Waals surface area contributed by atoms with Crippen molar-refractivity contribution in [2.24, 2.45) is 0 Å². The molecule has 2 aliphatic heterocycles. The smallest absolute Gasteiger partial charge is 0.152 e. The van der Waals surface area contributed by atoms with E-state index in [2.05, 4.69) is 10.2 Å². The highest BCUT2D eigenvalue weighted by Crippen LogP contribution is 2.35. The Morgan fingerprint density at radius 1 is 1.42 bits per heavy atom. The van der Waals surface area contributed by atoms with Gasteiger partial charge in [0.1, 0.15) is 5.75 Å². The Morgan fingerprint density at radius 2 is 2.26 bits per heavy atom. The zero-order valence-electron chi connectivity index (χ0n) is 10.9. The molecule has 1 aromatic carbocycles. The first kappa shape index (κ1) is 12.6. The zero-order valence-corrected chi connectivity index (χ0v) is 11.7. The summed E-state index contributed by atoms with van der Waals surface area (Å²) < 4.78 is 28.6. The Balaban J connectivity index is 1.93. The second-order valence-electron chi connectivity index (χ2n) is 5.06. The molecule has 0 radical (unpaired) electrons. The highest BCUT2D eigenvalue weighted by Gasteiger charge is 2.34. The van der Waals surface area contributed by atoms with Gasteiger partial charge in [0.2, 0.25) is 0 Å². The zero-order chi connectivity index (χ0) is 13.5. The van der Waals surface area contributed by atoms with Crippen LogP contribution in [-0.2, 0) is 9.84 Å². The molecule has 2 heterocycles. The molecule has 0 aliphatic carbocycles. The van der Waals surface area contributed by atoms with Gasteiger partial charge in [0.25, 0.3) is 0 Å². The number of anilines is 2. The number of nitrogens with one attached hydrogen (secondary N) is 1. The van der Waals surface area contributed by atoms with Crippen molar-refractivity contribution < 1.29 is 13.2 Å². The Kier molecular flexibility index (Phi) is 3.05. The number of nitrogens with zero attached hydrogens (tertiary/aromatic N) is 1. The van der Waals surface area contributed by atoms with Gasteiger partial charge in [0.05, 0.1) is 30.0 Å². The van der Waals surface area contributed by atoms with Gasteiger partial charge in [-0.15, -0.1) is 0 Å². The standard InChI is InChI=1S/C13H18N2O3S/c1-18-11-2-3-12-13(8-11)15(6-5-14-12)10-4-7-19(16,17)9-10/h2-3,8,10,14H,4-7,9H2,1H3. The first-order chi connectivity index (χ1) is 9.09. The Bertz CT molecular complexity index is 586. The maximum atomic E-state index is 11.7. The highest BCUT2D eigenvalue weighted by atomic mass is 32.2. The molecule has 0 saturated carbocycles. The van der Waals surface area contributed by atoms with Crippen LogP contribution in [0.3, 0.4) is 0 Å². The first-order valence-electron chi connectivity index (χ1n) is 6.48. The van der Waals surface area contributed by atoms with Crippen LogP contribution in [0.5, 0.6) is 5.75 Å². The summed E-state index contributed by atoms with van der Waals surface area (Å²) in [6.07, 6.45) is 0.721. The molecule has 3 rings (SSSR count). The van der Waals surface area contributed by atoms with E-state index < -0.39 is 9.84 Å². The second kappa shape index (κ2) is 4.59. The van der Waals surface area contributed by atoms with Crippen LogP contribution >= 0.6 is 0 Å². The summed E-state index contributed by atoms with van der Waals surface area (Å²) in [6, 6.07) is 5.98. The summed E-state index contributed by atoms with van der Waals surface area (Å²) in [7, 11) is -1.22. The third-order valence-electron chi connectivity index (χ3n) is 3.83. The van der Waals surface area contributed by atoms with E-state index in [4.69, 9.17) is 4.74 Å². The van der Waals surface area contributed by atoms with E-state index in [0.717, 1.165) is 36.6 Å². The number of fused-ring (bicyclic) bond motifs is 1. The number of ether oxygens (including phenoxy) is 1. The van der Waals surface area contributed by atoms with E-state index in [9.17, 15) is 8.42 Å². The topological polar surface area (TPSA) is 58.6 Å². The summed E-state index contributed by atoms with van der Waals surface area (Å²) in [4.78, 5) is 2.21. The molecule has 104 valence electrons. The Labute approximate surface area is 113 Å². The van der Waals surface area contributed by atoms with E-state index >= 15 is 0 Å². The largest absolute Gasteiger partial charge is 0.497 e. The van der Waals surface area contributed by atoms with Crippen molar-refractivity contribution in [1.82, 2.24) is 0 Å². The van der Waals surface area contributed by atoms with Crippen molar-refractivity contribution in [3.05, 3.63) is 18.2 Å². The van der Waals surface area contributed by atoms with Crippen molar-refractivity contribution >= 4 is 21.2 Å². The van der Waals surface area contributed by atoms with Crippen LogP contribution in [0.25, 0.3) is 0 Å². The summed E-state index contributed by atoms with van der Waals surface area (Å²) in [5, 5.41) is 3.34.